The van der Waals surface area contributed by atoms with Crippen molar-refractivity contribution in [2.75, 3.05) is 0 Å². The highest BCUT2D eigenvalue weighted by molar-refractivity contribution is 7.87. The van der Waals surface area contributed by atoms with Gasteiger partial charge >= 0.3 is 42.4 Å². The summed E-state index contributed by atoms with van der Waals surface area (Å²) in [6, 6.07) is 42.7. The zero-order chi connectivity index (χ0) is 82.8. The van der Waals surface area contributed by atoms with Gasteiger partial charge < -0.3 is 163 Å². The first-order chi connectivity index (χ1) is 50.1. The van der Waals surface area contributed by atoms with E-state index in [0.717, 1.165) is 12.1 Å². The van der Waals surface area contributed by atoms with E-state index in [1.54, 1.807) is 0 Å². The van der Waals surface area contributed by atoms with Crippen LogP contribution in [0.2, 0.25) is 0 Å². The summed E-state index contributed by atoms with van der Waals surface area (Å²) >= 11 is -0.00788. The van der Waals surface area contributed by atoms with Crippen LogP contribution in [0, 0.1) is 43.9 Å². The number of benzene rings is 6. The summed E-state index contributed by atoms with van der Waals surface area (Å²) < 4.78 is 36.1. The third kappa shape index (κ3) is 38.5. The fraction of sp³-hybridized carbons (Fsp3) is 0.297. The molecule has 0 aliphatic heterocycles. The van der Waals surface area contributed by atoms with Crippen molar-refractivity contribution in [3.05, 3.63) is 204 Å². The van der Waals surface area contributed by atoms with Gasteiger partial charge in [-0.3, -0.25) is 0 Å². The molecule has 0 spiro atoms. The number of carboxylic acid groups (broad SMARTS) is 16. The lowest BCUT2D eigenvalue weighted by Gasteiger charge is -2.36. The lowest BCUT2D eigenvalue weighted by Crippen LogP contribution is -3.61. The van der Waals surface area contributed by atoms with E-state index >= 15 is 0 Å². The van der Waals surface area contributed by atoms with Gasteiger partial charge in [-0.1, -0.05) is 130 Å². The van der Waals surface area contributed by atoms with Crippen molar-refractivity contribution in [3.8, 4) is 0 Å². The predicted molar refractivity (Wildman–Crippen MR) is 343 cm³/mol. The molecule has 38 heteroatoms. The molecule has 1 saturated carbocycles. The molecule has 3 atom stereocenters. The predicted octanol–water partition coefficient (Wildman–Crippen LogP) is -17.6. The third-order valence-corrected chi connectivity index (χ3v) is 20.7. The number of halogens is 2. The van der Waals surface area contributed by atoms with Crippen LogP contribution in [0.4, 0.5) is 0 Å². The van der Waals surface area contributed by atoms with Gasteiger partial charge in [0.15, 0.2) is 14.3 Å². The highest BCUT2D eigenvalue weighted by Gasteiger charge is 2.31. The molecule has 0 heterocycles. The van der Waals surface area contributed by atoms with Crippen LogP contribution in [0.15, 0.2) is 140 Å². The maximum absolute atomic E-state index is 10.6. The van der Waals surface area contributed by atoms with Gasteiger partial charge in [0.1, 0.15) is 10.1 Å². The Bertz CT molecular complexity index is 4080. The molecule has 0 aromatic heterocycles. The first-order valence-electron chi connectivity index (χ1n) is 30.3. The molecule has 6 aromatic carbocycles. The van der Waals surface area contributed by atoms with Gasteiger partial charge in [-0.05, 0) is 145 Å². The van der Waals surface area contributed by atoms with Crippen LogP contribution < -0.4 is 124 Å². The van der Waals surface area contributed by atoms with Crippen LogP contribution in [0.5, 0.6) is 0 Å². The minimum atomic E-state index is -5.19. The van der Waals surface area contributed by atoms with Gasteiger partial charge in [-0.25, -0.2) is 8.42 Å². The van der Waals surface area contributed by atoms with Gasteiger partial charge in [-0.2, -0.15) is 0 Å². The molecule has 112 heavy (non-hydrogen) atoms. The third-order valence-electron chi connectivity index (χ3n) is 14.2. The number of aliphatic carboxylic acids is 9. The number of carbonyl (C=O) groups is 16. The summed E-state index contributed by atoms with van der Waals surface area (Å²) in [6.07, 6.45) is -4.13. The Morgan fingerprint density at radius 1 is 0.330 bits per heavy atom. The molecular formula is C74H71I2O35S-15. The Morgan fingerprint density at radius 2 is 0.589 bits per heavy atom. The Hall–Kier alpha value is -11.8. The lowest BCUT2D eigenvalue weighted by molar-refractivity contribution is -0.597. The first-order valence-corrected chi connectivity index (χ1v) is 36.1. The van der Waals surface area contributed by atoms with E-state index in [1.807, 2.05) is 0 Å². The van der Waals surface area contributed by atoms with Crippen molar-refractivity contribution in [3.63, 3.8) is 0 Å². The molecule has 612 valence electrons. The molecule has 0 amide bonds. The number of aromatic carboxylic acids is 7. The standard InChI is InChI=1S/C18H22I.C12H10I.C10H6O8.C9H12O6.C9H6O6.C8H10O8.C4H6O7S.4CH4/c1-13(2)15-5-9-17(10-6-15)19-18-11-7-16(8-12-18)14(3)4;1-3-7-11(8-4-1)13-12-9-5-2-6-10-12;11-7(12)3-1-4(8(13)14)6(10(17)18)2-5(3)9(15)16;10-7(11)4-1-5(8(12)13)3-6(2-4)9(14)15;10-7(11)4-1-2-5(8(12)13)6(3-4)9(14)15;9-5(10)1-3(7(13)14)4(8(15)16)2-6(11)12;5-3(6)1-2(4(7)8)12(9,10)11;;;;/h5-14H,1-4H3;1-10H;1-2H,(H,11,12)(H,13,14)(H,15,16)(H,17,18);4-6H,1-3H2,(H,10,11)(H,12,13)(H,14,15);1-3H,(H,10,11)(H,12,13)(H,14,15);3-4H,1-2H2,(H,9,10)(H,11,12)(H,13,14)(H,15,16);2H,1H2,(H,5,6)(H,7,8)(H,9,10,11);4*1H4/q2*+1;;;;;;;;;/p-17. The molecule has 0 radical (unpaired) electrons. The number of hydrogen-bond acceptors (Lipinski definition) is 35. The zero-order valence-corrected chi connectivity index (χ0v) is 61.2. The van der Waals surface area contributed by atoms with Gasteiger partial charge in [-0.15, -0.1) is 0 Å². The Kier molecular flexibility index (Phi) is 49.1. The molecule has 0 N–H and O–H groups in total. The van der Waals surface area contributed by atoms with E-state index in [4.69, 9.17) is 0 Å². The van der Waals surface area contributed by atoms with Gasteiger partial charge in [0.2, 0.25) is 0 Å². The summed E-state index contributed by atoms with van der Waals surface area (Å²) in [5.74, 6) is -35.2. The molecule has 1 fully saturated rings. The van der Waals surface area contributed by atoms with Crippen molar-refractivity contribution < 1.29 is 214 Å². The largest absolute Gasteiger partial charge is 0.747 e. The van der Waals surface area contributed by atoms with Crippen molar-refractivity contribution in [1.82, 2.24) is 0 Å². The minimum absolute atomic E-state index is 0. The average Bonchev–Trinajstić information content (AvgIpc) is 0.789. The van der Waals surface area contributed by atoms with Crippen LogP contribution in [-0.4, -0.2) is 114 Å². The molecule has 1 aliphatic rings. The Morgan fingerprint density at radius 3 is 0.786 bits per heavy atom. The van der Waals surface area contributed by atoms with E-state index in [-0.39, 0.29) is 91.4 Å². The molecule has 0 bridgehead atoms. The highest BCUT2D eigenvalue weighted by atomic mass is 127. The van der Waals surface area contributed by atoms with Crippen LogP contribution >= 0.6 is 0 Å². The topological polar surface area (TPSA) is 699 Å². The summed E-state index contributed by atoms with van der Waals surface area (Å²) in [6.45, 7) is 8.98. The average molecular weight is 1810 g/mol. The SMILES string of the molecule is C.C.C.C.CC(C)c1ccc([I+]c2ccc(C(C)C)cc2)cc1.O=C([O-])C1CC(C(=O)[O-])CC(C(=O)[O-])C1.O=C([O-])CC(C(=O)[O-])C(CC(=O)[O-])C(=O)[O-].O=C([O-])CC(C(=O)[O-])S(=O)(=O)[O-].O=C([O-])c1cc(C(=O)[O-])c(C(=O)[O-])cc1C(=O)[O-].O=C([O-])c1ccc(C(=O)[O-])c(C(=O)[O-])c1.c1ccc([I+]c2ccccc2)cc1. The first kappa shape index (κ1) is 107. The van der Waals surface area contributed by atoms with Crippen molar-refractivity contribution >= 4 is 106 Å². The van der Waals surface area contributed by atoms with Gasteiger partial charge in [0.25, 0.3) is 0 Å². The van der Waals surface area contributed by atoms with Crippen molar-refractivity contribution in [2.45, 2.75) is 113 Å². The van der Waals surface area contributed by atoms with Crippen LogP contribution in [0.3, 0.4) is 0 Å². The van der Waals surface area contributed by atoms with Crippen LogP contribution in [-0.2, 0) is 53.3 Å². The van der Waals surface area contributed by atoms with E-state index < -0.39 is 199 Å². The monoisotopic (exact) mass is 1810 g/mol. The van der Waals surface area contributed by atoms with Gasteiger partial charge in [0.05, 0.1) is 53.0 Å². The van der Waals surface area contributed by atoms with Crippen molar-refractivity contribution in [1.29, 1.82) is 0 Å². The zero-order valence-electron chi connectivity index (χ0n) is 56.1. The second-order valence-electron chi connectivity index (χ2n) is 22.5. The second-order valence-corrected chi connectivity index (χ2v) is 30.2. The normalized spacial score (nSPS) is 13.5. The van der Waals surface area contributed by atoms with Crippen molar-refractivity contribution in [2.24, 2.45) is 29.6 Å². The van der Waals surface area contributed by atoms with E-state index in [1.165, 1.54) is 25.4 Å². The smallest absolute Gasteiger partial charge is 0.357 e. The maximum atomic E-state index is 10.6. The quantitative estimate of drug-likeness (QED) is 0.0341. The van der Waals surface area contributed by atoms with Gasteiger partial charge in [0, 0.05) is 99.4 Å². The summed E-state index contributed by atoms with van der Waals surface area (Å²) in [5.41, 5.74) is -3.08. The van der Waals surface area contributed by atoms with E-state index in [9.17, 15) is 171 Å². The highest BCUT2D eigenvalue weighted by Crippen LogP contribution is 2.33. The molecule has 0 saturated heterocycles. The number of rotatable bonds is 27. The Balaban J connectivity index is -0.000000607. The fourth-order valence-electron chi connectivity index (χ4n) is 8.81. The minimum Gasteiger partial charge on any atom is -0.747 e. The lowest BCUT2D eigenvalue weighted by atomic mass is 9.75. The molecular weight excluding hydrogens is 1730 g/mol. The Labute approximate surface area is 661 Å². The summed E-state index contributed by atoms with van der Waals surface area (Å²) in [7, 11) is -5.19. The maximum Gasteiger partial charge on any atom is 0.357 e. The summed E-state index contributed by atoms with van der Waals surface area (Å²) in [5, 5.41) is 164. The molecule has 1 aliphatic carbocycles. The van der Waals surface area contributed by atoms with Crippen LogP contribution in [0.25, 0.3) is 0 Å². The van der Waals surface area contributed by atoms with Crippen LogP contribution in [0.1, 0.15) is 191 Å². The molecule has 7 rings (SSSR count). The van der Waals surface area contributed by atoms with E-state index in [2.05, 4.69) is 137 Å². The summed E-state index contributed by atoms with van der Waals surface area (Å²) in [4.78, 5) is 166. The molecule has 35 nitrogen and oxygen atoms in total. The number of carbonyl (C=O) groups excluding carboxylic acids is 16. The number of hydrogen-bond donors (Lipinski definition) is 0. The fourth-order valence-corrected chi connectivity index (χ4v) is 13.8. The number of carboxylic acids is 16. The molecule has 6 aromatic rings. The van der Waals surface area contributed by atoms with E-state index in [0.29, 0.717) is 30.0 Å². The molecule has 3 unspecified atom stereocenters. The second kappa shape index (κ2) is 51.6.